The summed E-state index contributed by atoms with van der Waals surface area (Å²) in [4.78, 5) is 17.7. The van der Waals surface area contributed by atoms with Crippen LogP contribution >= 0.6 is 0 Å². The predicted octanol–water partition coefficient (Wildman–Crippen LogP) is 5.20. The lowest BCUT2D eigenvalue weighted by molar-refractivity contribution is 0.106. The van der Waals surface area contributed by atoms with Crippen molar-refractivity contribution in [3.63, 3.8) is 0 Å². The molecule has 28 heavy (non-hydrogen) atoms. The lowest BCUT2D eigenvalue weighted by atomic mass is 9.73. The van der Waals surface area contributed by atoms with Gasteiger partial charge in [0.25, 0.3) is 0 Å². The highest BCUT2D eigenvalue weighted by Gasteiger charge is 2.55. The lowest BCUT2D eigenvalue weighted by Crippen LogP contribution is -2.50. The highest BCUT2D eigenvalue weighted by atomic mass is 16.5. The van der Waals surface area contributed by atoms with Gasteiger partial charge < -0.3 is 9.64 Å². The fraction of sp³-hybridized carbons (Fsp3) is 0.458. The van der Waals surface area contributed by atoms with E-state index in [4.69, 9.17) is 4.74 Å². The van der Waals surface area contributed by atoms with Crippen LogP contribution in [0.2, 0.25) is 0 Å². The number of hydrogen-bond acceptors (Lipinski definition) is 2. The number of amides is 2. The van der Waals surface area contributed by atoms with Gasteiger partial charge in [0, 0.05) is 11.7 Å². The number of anilines is 1. The molecule has 0 aromatic heterocycles. The Balaban J connectivity index is 1.38. The van der Waals surface area contributed by atoms with E-state index >= 15 is 0 Å². The Labute approximate surface area is 167 Å². The molecule has 5 rings (SSSR count). The topological polar surface area (TPSA) is 32.8 Å². The number of urea groups is 1. The highest BCUT2D eigenvalue weighted by Crippen LogP contribution is 2.49. The fourth-order valence-electron chi connectivity index (χ4n) is 5.22. The van der Waals surface area contributed by atoms with E-state index in [0.29, 0.717) is 12.0 Å². The van der Waals surface area contributed by atoms with Crippen molar-refractivity contribution in [2.24, 2.45) is 0 Å². The van der Waals surface area contributed by atoms with Crippen LogP contribution < -0.4 is 9.64 Å². The van der Waals surface area contributed by atoms with E-state index in [1.165, 1.54) is 5.56 Å². The quantitative estimate of drug-likeness (QED) is 0.735. The van der Waals surface area contributed by atoms with Crippen LogP contribution in [0.15, 0.2) is 54.6 Å². The molecule has 2 aliphatic carbocycles. The Morgan fingerprint density at radius 1 is 0.929 bits per heavy atom. The molecule has 3 fully saturated rings. The van der Waals surface area contributed by atoms with Gasteiger partial charge in [0.05, 0.1) is 19.2 Å². The lowest BCUT2D eigenvalue weighted by Gasteiger charge is -2.43. The zero-order valence-electron chi connectivity index (χ0n) is 16.5. The maximum absolute atomic E-state index is 13.4. The molecule has 1 saturated heterocycles. The molecule has 4 nitrogen and oxygen atoms in total. The van der Waals surface area contributed by atoms with Crippen LogP contribution in [0.25, 0.3) is 0 Å². The molecule has 2 saturated carbocycles. The van der Waals surface area contributed by atoms with Crippen molar-refractivity contribution >= 4 is 11.7 Å². The number of carbonyl (C=O) groups excluding carboxylic acids is 1. The Morgan fingerprint density at radius 2 is 1.61 bits per heavy atom. The molecule has 2 amide bonds. The molecule has 0 radical (unpaired) electrons. The molecule has 2 aromatic carbocycles. The van der Waals surface area contributed by atoms with E-state index in [1.807, 2.05) is 29.2 Å². The molecule has 4 heteroatoms. The Kier molecular flexibility index (Phi) is 4.30. The molecule has 1 aliphatic heterocycles. The van der Waals surface area contributed by atoms with E-state index in [-0.39, 0.29) is 11.6 Å². The predicted molar refractivity (Wildman–Crippen MR) is 111 cm³/mol. The van der Waals surface area contributed by atoms with Gasteiger partial charge in [-0.05, 0) is 74.3 Å². The molecular weight excluding hydrogens is 348 g/mol. The van der Waals surface area contributed by atoms with Gasteiger partial charge in [-0.25, -0.2) is 4.79 Å². The summed E-state index contributed by atoms with van der Waals surface area (Å²) in [5, 5.41) is 0. The second-order valence-corrected chi connectivity index (χ2v) is 8.58. The van der Waals surface area contributed by atoms with E-state index < -0.39 is 0 Å². The minimum absolute atomic E-state index is 0.00343. The summed E-state index contributed by atoms with van der Waals surface area (Å²) in [6.07, 6.45) is 6.84. The molecule has 0 atom stereocenters. The maximum atomic E-state index is 13.4. The first-order valence-electron chi connectivity index (χ1n) is 10.5. The van der Waals surface area contributed by atoms with Crippen LogP contribution in [0.4, 0.5) is 10.5 Å². The monoisotopic (exact) mass is 376 g/mol. The number of methoxy groups -OCH3 is 1. The number of rotatable bonds is 4. The summed E-state index contributed by atoms with van der Waals surface area (Å²) in [5.74, 6) is 1.45. The van der Waals surface area contributed by atoms with Crippen molar-refractivity contribution in [1.29, 1.82) is 0 Å². The SMILES string of the molecule is COc1ccc(N2CC3(CCC(c4ccccc4)CC3)N(C3CC3)C2=O)cc1. The third kappa shape index (κ3) is 2.95. The van der Waals surface area contributed by atoms with Crippen LogP contribution in [0.3, 0.4) is 0 Å². The fourth-order valence-corrected chi connectivity index (χ4v) is 5.22. The average molecular weight is 377 g/mol. The summed E-state index contributed by atoms with van der Waals surface area (Å²) in [6, 6.07) is 19.4. The van der Waals surface area contributed by atoms with Gasteiger partial charge >= 0.3 is 6.03 Å². The number of ether oxygens (including phenoxy) is 1. The standard InChI is InChI=1S/C24H28N2O2/c1-28-22-11-9-20(10-12-22)25-17-24(26(23(25)27)21-7-8-21)15-13-19(14-16-24)18-5-3-2-4-6-18/h2-6,9-12,19,21H,7-8,13-17H2,1H3. The normalized spacial score (nSPS) is 27.5. The van der Waals surface area contributed by atoms with Gasteiger partial charge in [0.1, 0.15) is 5.75 Å². The van der Waals surface area contributed by atoms with Crippen molar-refractivity contribution in [3.8, 4) is 5.75 Å². The van der Waals surface area contributed by atoms with Crippen molar-refractivity contribution in [2.75, 3.05) is 18.6 Å². The molecule has 3 aliphatic rings. The van der Waals surface area contributed by atoms with Gasteiger partial charge in [0.15, 0.2) is 0 Å². The maximum Gasteiger partial charge on any atom is 0.325 e. The van der Waals surface area contributed by atoms with Crippen LogP contribution in [0.5, 0.6) is 5.75 Å². The number of benzene rings is 2. The molecule has 0 N–H and O–H groups in total. The summed E-state index contributed by atoms with van der Waals surface area (Å²) in [7, 11) is 1.67. The van der Waals surface area contributed by atoms with E-state index in [0.717, 1.165) is 56.5 Å². The Morgan fingerprint density at radius 3 is 2.21 bits per heavy atom. The van der Waals surface area contributed by atoms with Gasteiger partial charge in [0.2, 0.25) is 0 Å². The smallest absolute Gasteiger partial charge is 0.325 e. The van der Waals surface area contributed by atoms with Gasteiger partial charge in [-0.1, -0.05) is 30.3 Å². The molecule has 1 spiro atoms. The summed E-state index contributed by atoms with van der Waals surface area (Å²) in [5.41, 5.74) is 2.44. The van der Waals surface area contributed by atoms with Gasteiger partial charge in [-0.15, -0.1) is 0 Å². The van der Waals surface area contributed by atoms with Crippen LogP contribution in [-0.2, 0) is 0 Å². The number of carbonyl (C=O) groups is 1. The van der Waals surface area contributed by atoms with Gasteiger partial charge in [-0.2, -0.15) is 0 Å². The number of nitrogens with zero attached hydrogens (tertiary/aromatic N) is 2. The van der Waals surface area contributed by atoms with Crippen molar-refractivity contribution in [2.45, 2.75) is 56.0 Å². The summed E-state index contributed by atoms with van der Waals surface area (Å²) in [6.45, 7) is 0.816. The molecule has 146 valence electrons. The summed E-state index contributed by atoms with van der Waals surface area (Å²) >= 11 is 0. The molecule has 1 heterocycles. The Bertz CT molecular complexity index is 837. The van der Waals surface area contributed by atoms with Crippen molar-refractivity contribution in [3.05, 3.63) is 60.2 Å². The first kappa shape index (κ1) is 17.6. The van der Waals surface area contributed by atoms with E-state index in [2.05, 4.69) is 35.2 Å². The molecule has 2 aromatic rings. The second-order valence-electron chi connectivity index (χ2n) is 8.58. The van der Waals surface area contributed by atoms with Crippen molar-refractivity contribution in [1.82, 2.24) is 4.90 Å². The first-order valence-corrected chi connectivity index (χ1v) is 10.5. The molecule has 0 bridgehead atoms. The third-order valence-electron chi connectivity index (χ3n) is 6.88. The zero-order valence-corrected chi connectivity index (χ0v) is 16.5. The molecular formula is C24H28N2O2. The second kappa shape index (κ2) is 6.84. The van der Waals surface area contributed by atoms with Crippen LogP contribution in [0.1, 0.15) is 50.0 Å². The van der Waals surface area contributed by atoms with E-state index in [9.17, 15) is 4.79 Å². The third-order valence-corrected chi connectivity index (χ3v) is 6.88. The van der Waals surface area contributed by atoms with Crippen LogP contribution in [-0.4, -0.2) is 36.2 Å². The minimum Gasteiger partial charge on any atom is -0.497 e. The van der Waals surface area contributed by atoms with Crippen molar-refractivity contribution < 1.29 is 9.53 Å². The molecule has 0 unspecified atom stereocenters. The first-order chi connectivity index (χ1) is 13.7. The summed E-state index contributed by atoms with van der Waals surface area (Å²) < 4.78 is 5.28. The Hall–Kier alpha value is -2.49. The largest absolute Gasteiger partial charge is 0.497 e. The van der Waals surface area contributed by atoms with Gasteiger partial charge in [-0.3, -0.25) is 4.90 Å². The number of hydrogen-bond donors (Lipinski definition) is 0. The van der Waals surface area contributed by atoms with Crippen LogP contribution in [0, 0.1) is 0 Å². The highest BCUT2D eigenvalue weighted by molar-refractivity contribution is 5.96. The van der Waals surface area contributed by atoms with E-state index in [1.54, 1.807) is 7.11 Å². The average Bonchev–Trinajstić information content (AvgIpc) is 3.54. The zero-order chi connectivity index (χ0) is 19.1. The minimum atomic E-state index is 0.00343.